The zero-order chi connectivity index (χ0) is 34.1. The van der Waals surface area contributed by atoms with E-state index in [1.54, 1.807) is 5.57 Å². The molecule has 258 valence electrons. The zero-order valence-electron chi connectivity index (χ0n) is 31.4. The van der Waals surface area contributed by atoms with Gasteiger partial charge in [-0.2, -0.15) is 0 Å². The lowest BCUT2D eigenvalue weighted by atomic mass is 9.61. The maximum absolute atomic E-state index is 13.3. The summed E-state index contributed by atoms with van der Waals surface area (Å²) in [5.41, 5.74) is 4.25. The van der Waals surface area contributed by atoms with Crippen molar-refractivity contribution < 1.29 is 18.4 Å². The Balaban J connectivity index is 1.51. The van der Waals surface area contributed by atoms with Crippen molar-refractivity contribution in [1.29, 1.82) is 0 Å². The predicted molar refractivity (Wildman–Crippen MR) is 198 cm³/mol. The highest BCUT2D eigenvalue weighted by molar-refractivity contribution is 6.74. The minimum Gasteiger partial charge on any atom is -0.461 e. The van der Waals surface area contributed by atoms with Gasteiger partial charge in [0.2, 0.25) is 0 Å². The molecule has 4 nitrogen and oxygen atoms in total. The maximum atomic E-state index is 13.3. The van der Waals surface area contributed by atoms with Crippen molar-refractivity contribution in [3.05, 3.63) is 59.2 Å². The molecule has 3 aliphatic rings. The number of hydrogen-bond acceptors (Lipinski definition) is 4. The van der Waals surface area contributed by atoms with Crippen molar-refractivity contribution in [2.24, 2.45) is 23.2 Å². The van der Waals surface area contributed by atoms with Crippen LogP contribution in [0.2, 0.25) is 36.3 Å². The molecule has 1 aromatic rings. The summed E-state index contributed by atoms with van der Waals surface area (Å²) in [6.45, 7) is 28.5. The van der Waals surface area contributed by atoms with Crippen molar-refractivity contribution in [1.82, 2.24) is 0 Å². The fourth-order valence-corrected chi connectivity index (χ4v) is 10.7. The van der Waals surface area contributed by atoms with Gasteiger partial charge in [-0.3, -0.25) is 4.79 Å². The van der Waals surface area contributed by atoms with Gasteiger partial charge in [-0.15, -0.1) is 0 Å². The highest BCUT2D eigenvalue weighted by Gasteiger charge is 2.52. The van der Waals surface area contributed by atoms with Gasteiger partial charge in [-0.1, -0.05) is 109 Å². The number of hydrogen-bond donors (Lipinski definition) is 0. The van der Waals surface area contributed by atoms with Crippen LogP contribution in [0, 0.1) is 23.2 Å². The molecule has 3 aliphatic carbocycles. The first-order valence-electron chi connectivity index (χ1n) is 18.2. The third-order valence-corrected chi connectivity index (χ3v) is 21.9. The zero-order valence-corrected chi connectivity index (χ0v) is 33.4. The number of carbonyl (C=O) groups excluding carboxylic acids is 1. The van der Waals surface area contributed by atoms with Crippen LogP contribution in [0.1, 0.15) is 112 Å². The van der Waals surface area contributed by atoms with Crippen molar-refractivity contribution in [3.8, 4) is 0 Å². The molecule has 4 rings (SSSR count). The first kappa shape index (κ1) is 37.3. The molecular weight excluding hydrogens is 601 g/mol. The summed E-state index contributed by atoms with van der Waals surface area (Å²) in [6, 6.07) is 10.0. The Morgan fingerprint density at radius 2 is 1.48 bits per heavy atom. The summed E-state index contributed by atoms with van der Waals surface area (Å²) in [7, 11) is -3.82. The van der Waals surface area contributed by atoms with Gasteiger partial charge in [-0.05, 0) is 110 Å². The largest absolute Gasteiger partial charge is 0.461 e. The first-order valence-corrected chi connectivity index (χ1v) is 24.0. The normalized spacial score (nSPS) is 29.4. The minimum absolute atomic E-state index is 0.0447. The van der Waals surface area contributed by atoms with Gasteiger partial charge in [0.25, 0.3) is 0 Å². The van der Waals surface area contributed by atoms with E-state index in [2.05, 4.69) is 93.7 Å². The van der Waals surface area contributed by atoms with Gasteiger partial charge in [0.15, 0.2) is 16.6 Å². The van der Waals surface area contributed by atoms with E-state index in [9.17, 15) is 4.79 Å². The third-order valence-electron chi connectivity index (χ3n) is 12.8. The molecular formula is C40H66O4Si2. The number of rotatable bonds is 9. The molecule has 0 aromatic heterocycles. The Morgan fingerprint density at radius 3 is 2.02 bits per heavy atom. The van der Waals surface area contributed by atoms with Crippen LogP contribution in [0.4, 0.5) is 0 Å². The van der Waals surface area contributed by atoms with Crippen LogP contribution in [0.3, 0.4) is 0 Å². The molecule has 0 heterocycles. The van der Waals surface area contributed by atoms with Crippen LogP contribution < -0.4 is 0 Å². The predicted octanol–water partition coefficient (Wildman–Crippen LogP) is 11.4. The lowest BCUT2D eigenvalue weighted by Crippen LogP contribution is -2.48. The summed E-state index contributed by atoms with van der Waals surface area (Å²) < 4.78 is 20.0. The Labute approximate surface area is 284 Å². The van der Waals surface area contributed by atoms with Crippen LogP contribution in [-0.2, 0) is 25.0 Å². The standard InChI is InChI=1S/C40H66O4Si2/c1-29(37(41)42-28-30-17-14-13-15-18-30)35-22-23-36-32(19-16-24-40(35,36)8)21-20-31-25-33(43-45(9,10)38(2,3)4)27-34(26-31)44-46(11,12)39(5,6)7/h13-15,17-18,20-21,29,33-36H,16,19,22-28H2,1-12H3/t29-,33+,34+,35+,36-,40+/m0/s1. The fourth-order valence-electron chi connectivity index (χ4n) is 7.98. The molecule has 0 radical (unpaired) electrons. The van der Waals surface area contributed by atoms with Crippen LogP contribution in [0.25, 0.3) is 0 Å². The second-order valence-corrected chi connectivity index (χ2v) is 27.7. The van der Waals surface area contributed by atoms with Crippen molar-refractivity contribution >= 4 is 22.6 Å². The van der Waals surface area contributed by atoms with Crippen molar-refractivity contribution in [2.75, 3.05) is 0 Å². The molecule has 0 N–H and O–H groups in total. The molecule has 0 spiro atoms. The SMILES string of the molecule is C[C@H](C(=O)OCc1ccccc1)[C@H]1CC[C@H]2C(=CC=C3C[C@@H](O[Si](C)(C)C(C)(C)C)C[C@H](O[Si](C)(C)C(C)(C)C)C3)CCC[C@]12C. The van der Waals surface area contributed by atoms with E-state index < -0.39 is 16.6 Å². The Kier molecular flexibility index (Phi) is 11.5. The highest BCUT2D eigenvalue weighted by Crippen LogP contribution is 2.59. The molecule has 6 atom stereocenters. The first-order chi connectivity index (χ1) is 21.2. The molecule has 3 fully saturated rings. The fraction of sp³-hybridized carbons (Fsp3) is 0.725. The smallest absolute Gasteiger partial charge is 0.309 e. The lowest BCUT2D eigenvalue weighted by molar-refractivity contribution is -0.153. The number of fused-ring (bicyclic) bond motifs is 1. The third kappa shape index (κ3) is 8.56. The van der Waals surface area contributed by atoms with Crippen LogP contribution in [-0.4, -0.2) is 34.8 Å². The van der Waals surface area contributed by atoms with Crippen molar-refractivity contribution in [3.63, 3.8) is 0 Å². The van der Waals surface area contributed by atoms with Gasteiger partial charge in [0, 0.05) is 0 Å². The average Bonchev–Trinajstić information content (AvgIpc) is 3.30. The topological polar surface area (TPSA) is 44.8 Å². The molecule has 46 heavy (non-hydrogen) atoms. The van der Waals surface area contributed by atoms with E-state index in [0.29, 0.717) is 18.4 Å². The number of esters is 1. The second kappa shape index (κ2) is 14.2. The van der Waals surface area contributed by atoms with Gasteiger partial charge in [0.05, 0.1) is 18.1 Å². The number of allylic oxidation sites excluding steroid dienone is 3. The highest BCUT2D eigenvalue weighted by atomic mass is 28.4. The quantitative estimate of drug-likeness (QED) is 0.194. The number of benzene rings is 1. The molecule has 0 aliphatic heterocycles. The van der Waals surface area contributed by atoms with Crippen LogP contribution in [0.5, 0.6) is 0 Å². The summed E-state index contributed by atoms with van der Waals surface area (Å²) in [4.78, 5) is 13.3. The molecule has 3 saturated carbocycles. The van der Waals surface area contributed by atoms with Gasteiger partial charge in [-0.25, -0.2) is 0 Å². The lowest BCUT2D eigenvalue weighted by Gasteiger charge is -2.45. The average molecular weight is 667 g/mol. The van der Waals surface area contributed by atoms with E-state index in [-0.39, 0.29) is 39.6 Å². The summed E-state index contributed by atoms with van der Waals surface area (Å²) in [5, 5.41) is 0.367. The number of ether oxygens (including phenoxy) is 1. The summed E-state index contributed by atoms with van der Waals surface area (Å²) >= 11 is 0. The molecule has 0 saturated heterocycles. The minimum atomic E-state index is -1.91. The summed E-state index contributed by atoms with van der Waals surface area (Å²) in [5.74, 6) is 0.763. The molecule has 1 aromatic carbocycles. The van der Waals surface area contributed by atoms with E-state index in [1.165, 1.54) is 24.8 Å². The molecule has 0 unspecified atom stereocenters. The van der Waals surface area contributed by atoms with E-state index in [0.717, 1.165) is 37.7 Å². The number of carbonyl (C=O) groups is 1. The maximum Gasteiger partial charge on any atom is 0.309 e. The summed E-state index contributed by atoms with van der Waals surface area (Å²) in [6.07, 6.45) is 14.2. The molecule has 6 heteroatoms. The van der Waals surface area contributed by atoms with E-state index in [1.807, 2.05) is 30.3 Å². The van der Waals surface area contributed by atoms with Crippen LogP contribution in [0.15, 0.2) is 53.6 Å². The van der Waals surface area contributed by atoms with Crippen LogP contribution >= 0.6 is 0 Å². The van der Waals surface area contributed by atoms with Gasteiger partial charge < -0.3 is 13.6 Å². The van der Waals surface area contributed by atoms with Crippen molar-refractivity contribution in [2.45, 2.75) is 162 Å². The second-order valence-electron chi connectivity index (χ2n) is 18.2. The Morgan fingerprint density at radius 1 is 0.913 bits per heavy atom. The molecule has 0 amide bonds. The Bertz CT molecular complexity index is 1210. The van der Waals surface area contributed by atoms with E-state index in [4.69, 9.17) is 13.6 Å². The van der Waals surface area contributed by atoms with Gasteiger partial charge in [0.1, 0.15) is 6.61 Å². The Hall–Kier alpha value is -1.48. The molecule has 0 bridgehead atoms. The monoisotopic (exact) mass is 666 g/mol. The van der Waals surface area contributed by atoms with E-state index >= 15 is 0 Å². The van der Waals surface area contributed by atoms with Gasteiger partial charge >= 0.3 is 5.97 Å².